The van der Waals surface area contributed by atoms with E-state index in [1.807, 2.05) is 0 Å². The molecule has 0 spiro atoms. The van der Waals surface area contributed by atoms with Crippen molar-refractivity contribution in [2.45, 2.75) is 19.8 Å². The van der Waals surface area contributed by atoms with E-state index in [4.69, 9.17) is 5.11 Å². The Balaban J connectivity index is 1.95. The highest BCUT2D eigenvalue weighted by Crippen LogP contribution is 2.21. The highest BCUT2D eigenvalue weighted by molar-refractivity contribution is 7.14. The molecule has 9 heteroatoms. The number of aromatic nitrogens is 2. The maximum atomic E-state index is 12.5. The molecule has 0 atom stereocenters. The lowest BCUT2D eigenvalue weighted by atomic mass is 10.2. The number of nitrogens with one attached hydrogen (secondary N) is 1. The Morgan fingerprint density at radius 3 is 2.78 bits per heavy atom. The number of carboxylic acid groups (broad SMARTS) is 1. The topological polar surface area (TPSA) is 92.2 Å². The third-order valence-corrected chi connectivity index (χ3v) is 4.00. The van der Waals surface area contributed by atoms with E-state index >= 15 is 0 Å². The Morgan fingerprint density at radius 1 is 1.43 bits per heavy atom. The molecule has 122 valence electrons. The molecule has 0 saturated carbocycles. The number of carbonyl (C=O) groups is 2. The van der Waals surface area contributed by atoms with Gasteiger partial charge < -0.3 is 10.4 Å². The number of hydrogen-bond acceptors (Lipinski definition) is 5. The molecule has 0 unspecified atom stereocenters. The van der Waals surface area contributed by atoms with E-state index in [0.717, 1.165) is 17.4 Å². The quantitative estimate of drug-likeness (QED) is 0.842. The van der Waals surface area contributed by atoms with Crippen molar-refractivity contribution in [3.63, 3.8) is 0 Å². The molecular weight excluding hydrogens is 328 g/mol. The number of halogens is 2. The van der Waals surface area contributed by atoms with Crippen molar-refractivity contribution in [1.82, 2.24) is 15.3 Å². The summed E-state index contributed by atoms with van der Waals surface area (Å²) in [5.41, 5.74) is -0.0734. The van der Waals surface area contributed by atoms with Crippen LogP contribution in [0.3, 0.4) is 0 Å². The van der Waals surface area contributed by atoms with Crippen molar-refractivity contribution in [3.05, 3.63) is 45.2 Å². The predicted molar refractivity (Wildman–Crippen MR) is 79.0 cm³/mol. The Morgan fingerprint density at radius 2 is 2.17 bits per heavy atom. The SMILES string of the molecule is Cc1sc(C(=O)O)cc1C(=O)NCCc1nccc(C(F)F)n1. The number of nitrogens with zero attached hydrogens (tertiary/aromatic N) is 2. The van der Waals surface area contributed by atoms with E-state index in [0.29, 0.717) is 4.88 Å². The summed E-state index contributed by atoms with van der Waals surface area (Å²) in [5, 5.41) is 11.5. The second-order valence-electron chi connectivity index (χ2n) is 4.59. The van der Waals surface area contributed by atoms with Gasteiger partial charge in [0.05, 0.1) is 5.56 Å². The zero-order valence-electron chi connectivity index (χ0n) is 12.0. The van der Waals surface area contributed by atoms with Gasteiger partial charge in [-0.3, -0.25) is 4.79 Å². The zero-order chi connectivity index (χ0) is 17.0. The molecule has 0 radical (unpaired) electrons. The largest absolute Gasteiger partial charge is 0.477 e. The third-order valence-electron chi connectivity index (χ3n) is 2.96. The molecule has 2 aromatic rings. The first-order chi connectivity index (χ1) is 10.9. The number of thiophene rings is 1. The summed E-state index contributed by atoms with van der Waals surface area (Å²) >= 11 is 1.02. The molecule has 2 N–H and O–H groups in total. The molecule has 0 aliphatic heterocycles. The molecule has 0 saturated heterocycles. The van der Waals surface area contributed by atoms with Gasteiger partial charge in [-0.2, -0.15) is 0 Å². The number of aromatic carboxylic acids is 1. The molecule has 0 aliphatic carbocycles. The average Bonchev–Trinajstić information content (AvgIpc) is 2.90. The maximum Gasteiger partial charge on any atom is 0.345 e. The zero-order valence-corrected chi connectivity index (χ0v) is 12.9. The van der Waals surface area contributed by atoms with Gasteiger partial charge in [-0.15, -0.1) is 11.3 Å². The first-order valence-electron chi connectivity index (χ1n) is 6.60. The monoisotopic (exact) mass is 341 g/mol. The number of carbonyl (C=O) groups excluding carboxylic acids is 1. The van der Waals surface area contributed by atoms with E-state index in [1.54, 1.807) is 6.92 Å². The average molecular weight is 341 g/mol. The van der Waals surface area contributed by atoms with Crippen molar-refractivity contribution in [2.75, 3.05) is 6.54 Å². The third kappa shape index (κ3) is 4.28. The van der Waals surface area contributed by atoms with Crippen LogP contribution in [0, 0.1) is 6.92 Å². The van der Waals surface area contributed by atoms with Crippen LogP contribution >= 0.6 is 11.3 Å². The lowest BCUT2D eigenvalue weighted by Gasteiger charge is -2.05. The molecule has 2 aromatic heterocycles. The summed E-state index contributed by atoms with van der Waals surface area (Å²) in [4.78, 5) is 31.1. The fourth-order valence-corrected chi connectivity index (χ4v) is 2.71. The minimum atomic E-state index is -2.67. The lowest BCUT2D eigenvalue weighted by molar-refractivity contribution is 0.0702. The van der Waals surface area contributed by atoms with E-state index < -0.39 is 18.3 Å². The summed E-state index contributed by atoms with van der Waals surface area (Å²) < 4.78 is 25.0. The molecule has 0 aromatic carbocycles. The van der Waals surface area contributed by atoms with Crippen LogP contribution in [-0.2, 0) is 6.42 Å². The first kappa shape index (κ1) is 16.9. The van der Waals surface area contributed by atoms with Gasteiger partial charge in [0.25, 0.3) is 12.3 Å². The van der Waals surface area contributed by atoms with Crippen molar-refractivity contribution >= 4 is 23.2 Å². The summed E-state index contributed by atoms with van der Waals surface area (Å²) in [7, 11) is 0. The van der Waals surface area contributed by atoms with Crippen molar-refractivity contribution in [1.29, 1.82) is 0 Å². The van der Waals surface area contributed by atoms with Gasteiger partial charge in [0, 0.05) is 24.0 Å². The highest BCUT2D eigenvalue weighted by Gasteiger charge is 2.16. The Hall–Kier alpha value is -2.42. The predicted octanol–water partition coefficient (Wildman–Crippen LogP) is 2.45. The minimum absolute atomic E-state index is 0.0839. The standard InChI is InChI=1S/C14H13F2N3O3S/c1-7-8(6-10(23-7)14(21)22)13(20)18-5-3-11-17-4-2-9(19-11)12(15)16/h2,4,6,12H,3,5H2,1H3,(H,18,20)(H,21,22). The smallest absolute Gasteiger partial charge is 0.345 e. The molecule has 0 fully saturated rings. The van der Waals surface area contributed by atoms with Crippen LogP contribution in [0.4, 0.5) is 8.78 Å². The van der Waals surface area contributed by atoms with E-state index in [-0.39, 0.29) is 34.9 Å². The number of amides is 1. The summed E-state index contributed by atoms with van der Waals surface area (Å²) in [6, 6.07) is 2.44. The van der Waals surface area contributed by atoms with E-state index in [2.05, 4.69) is 15.3 Å². The molecule has 0 aliphatic rings. The Kier molecular flexibility index (Phi) is 5.32. The first-order valence-corrected chi connectivity index (χ1v) is 7.42. The Labute approximate surface area is 134 Å². The second-order valence-corrected chi connectivity index (χ2v) is 5.85. The normalized spacial score (nSPS) is 10.8. The molecule has 2 rings (SSSR count). The maximum absolute atomic E-state index is 12.5. The Bertz CT molecular complexity index is 734. The molecule has 23 heavy (non-hydrogen) atoms. The summed E-state index contributed by atoms with van der Waals surface area (Å²) in [5.74, 6) is -1.30. The van der Waals surface area contributed by atoms with Crippen LogP contribution in [-0.4, -0.2) is 33.5 Å². The van der Waals surface area contributed by atoms with Gasteiger partial charge in [0.15, 0.2) is 0 Å². The summed E-state index contributed by atoms with van der Waals surface area (Å²) in [6.45, 7) is 1.81. The van der Waals surface area contributed by atoms with Crippen LogP contribution in [0.1, 0.15) is 42.9 Å². The fraction of sp³-hybridized carbons (Fsp3) is 0.286. The van der Waals surface area contributed by atoms with Crippen LogP contribution in [0.5, 0.6) is 0 Å². The van der Waals surface area contributed by atoms with Crippen LogP contribution in [0.25, 0.3) is 0 Å². The van der Waals surface area contributed by atoms with Gasteiger partial charge >= 0.3 is 5.97 Å². The lowest BCUT2D eigenvalue weighted by Crippen LogP contribution is -2.26. The molecule has 6 nitrogen and oxygen atoms in total. The number of carboxylic acids is 1. The van der Waals surface area contributed by atoms with Gasteiger partial charge in [0.2, 0.25) is 0 Å². The highest BCUT2D eigenvalue weighted by atomic mass is 32.1. The molecule has 1 amide bonds. The van der Waals surface area contributed by atoms with E-state index in [9.17, 15) is 18.4 Å². The van der Waals surface area contributed by atoms with Crippen LogP contribution < -0.4 is 5.32 Å². The van der Waals surface area contributed by atoms with E-state index in [1.165, 1.54) is 12.3 Å². The minimum Gasteiger partial charge on any atom is -0.477 e. The van der Waals surface area contributed by atoms with Gasteiger partial charge in [-0.05, 0) is 19.1 Å². The van der Waals surface area contributed by atoms with Gasteiger partial charge in [0.1, 0.15) is 16.4 Å². The van der Waals surface area contributed by atoms with Gasteiger partial charge in [-0.25, -0.2) is 23.5 Å². The number of rotatable bonds is 6. The van der Waals surface area contributed by atoms with Crippen LogP contribution in [0.15, 0.2) is 18.3 Å². The fourth-order valence-electron chi connectivity index (χ4n) is 1.85. The molecule has 0 bridgehead atoms. The van der Waals surface area contributed by atoms with Crippen molar-refractivity contribution in [2.24, 2.45) is 0 Å². The summed E-state index contributed by atoms with van der Waals surface area (Å²) in [6.07, 6.45) is -1.23. The number of alkyl halides is 2. The number of aryl methyl sites for hydroxylation is 1. The van der Waals surface area contributed by atoms with Crippen molar-refractivity contribution in [3.8, 4) is 0 Å². The van der Waals surface area contributed by atoms with Crippen LogP contribution in [0.2, 0.25) is 0 Å². The number of hydrogen-bond donors (Lipinski definition) is 2. The van der Waals surface area contributed by atoms with Crippen molar-refractivity contribution < 1.29 is 23.5 Å². The molecule has 2 heterocycles. The molecular formula is C14H13F2N3O3S. The second kappa shape index (κ2) is 7.23. The van der Waals surface area contributed by atoms with Gasteiger partial charge in [-0.1, -0.05) is 0 Å².